The van der Waals surface area contributed by atoms with Gasteiger partial charge in [-0.2, -0.15) is 9.97 Å². The second-order valence-electron chi connectivity index (χ2n) is 15.8. The smallest absolute Gasteiger partial charge is 0.255 e. The molecule has 8 rings (SSSR count). The number of hydrogen-bond acceptors (Lipinski definition) is 17. The zero-order chi connectivity index (χ0) is 48.9. The molecular formula is C46H48Cl2N12O9. The van der Waals surface area contributed by atoms with Gasteiger partial charge in [0.2, 0.25) is 23.7 Å². The number of benzene rings is 4. The van der Waals surface area contributed by atoms with E-state index < -0.39 is 25.0 Å². The Morgan fingerprint density at radius 3 is 1.25 bits per heavy atom. The normalized spacial score (nSPS) is 13.9. The number of rotatable bonds is 14. The van der Waals surface area contributed by atoms with E-state index in [0.717, 1.165) is 0 Å². The first-order valence-corrected chi connectivity index (χ1v) is 22.3. The number of methoxy groups -OCH3 is 4. The Bertz CT molecular complexity index is 2770. The number of piperazine rings is 2. The van der Waals surface area contributed by atoms with Crippen molar-refractivity contribution in [3.05, 3.63) is 81.8 Å². The van der Waals surface area contributed by atoms with Crippen LogP contribution in [0.2, 0.25) is 10.0 Å². The van der Waals surface area contributed by atoms with Gasteiger partial charge in [0.25, 0.3) is 11.8 Å². The predicted molar refractivity (Wildman–Crippen MR) is 261 cm³/mol. The molecule has 2 fully saturated rings. The van der Waals surface area contributed by atoms with Crippen molar-refractivity contribution in [2.75, 3.05) is 126 Å². The highest BCUT2D eigenvalue weighted by Crippen LogP contribution is 2.36. The summed E-state index contributed by atoms with van der Waals surface area (Å²) in [7, 11) is 6.16. The van der Waals surface area contributed by atoms with Crippen molar-refractivity contribution < 1.29 is 42.9 Å². The first kappa shape index (κ1) is 47.9. The maximum atomic E-state index is 13.5. The Kier molecular flexibility index (Phi) is 14.4. The molecule has 2 aliphatic rings. The van der Waals surface area contributed by atoms with Gasteiger partial charge in [-0.25, -0.2) is 9.97 Å². The van der Waals surface area contributed by atoms with Crippen LogP contribution in [0.5, 0.6) is 23.0 Å². The summed E-state index contributed by atoms with van der Waals surface area (Å²) in [5.41, 5.74) is 15.0. The van der Waals surface area contributed by atoms with Crippen molar-refractivity contribution in [2.45, 2.75) is 0 Å². The largest absolute Gasteiger partial charge is 0.493 e. The van der Waals surface area contributed by atoms with E-state index in [9.17, 15) is 19.2 Å². The molecule has 2 aromatic heterocycles. The number of fused-ring (bicyclic) bond motifs is 2. The fourth-order valence-corrected chi connectivity index (χ4v) is 8.46. The minimum atomic E-state index is -0.550. The van der Waals surface area contributed by atoms with Crippen molar-refractivity contribution in [1.29, 1.82) is 0 Å². The fourth-order valence-electron chi connectivity index (χ4n) is 7.94. The number of halogens is 2. The molecular weight excluding hydrogens is 935 g/mol. The second kappa shape index (κ2) is 20.7. The van der Waals surface area contributed by atoms with E-state index >= 15 is 0 Å². The molecule has 6 aromatic rings. The quantitative estimate of drug-likeness (QED) is 0.116. The lowest BCUT2D eigenvalue weighted by molar-refractivity contribution is -0.125. The van der Waals surface area contributed by atoms with Crippen LogP contribution in [0.25, 0.3) is 21.8 Å². The molecule has 2 saturated heterocycles. The maximum absolute atomic E-state index is 13.5. The molecule has 0 spiro atoms. The molecule has 23 heteroatoms. The Morgan fingerprint density at radius 1 is 0.536 bits per heavy atom. The van der Waals surface area contributed by atoms with Gasteiger partial charge in [-0.3, -0.25) is 19.2 Å². The second-order valence-corrected chi connectivity index (χ2v) is 16.6. The summed E-state index contributed by atoms with van der Waals surface area (Å²) >= 11 is 13.1. The molecule has 2 aliphatic heterocycles. The number of nitrogens with zero attached hydrogens (tertiary/aromatic N) is 8. The molecule has 4 amide bonds. The summed E-state index contributed by atoms with van der Waals surface area (Å²) in [5.74, 6) is 1.85. The number of anilines is 6. The van der Waals surface area contributed by atoms with Gasteiger partial charge in [0.15, 0.2) is 23.0 Å². The van der Waals surface area contributed by atoms with Crippen LogP contribution in [0.3, 0.4) is 0 Å². The highest BCUT2D eigenvalue weighted by Gasteiger charge is 2.28. The zero-order valence-corrected chi connectivity index (χ0v) is 39.5. The third kappa shape index (κ3) is 10.4. The molecule has 4 aromatic carbocycles. The summed E-state index contributed by atoms with van der Waals surface area (Å²) in [6, 6.07) is 16.1. The summed E-state index contributed by atoms with van der Waals surface area (Å²) in [4.78, 5) is 78.0. The van der Waals surface area contributed by atoms with E-state index in [1.54, 1.807) is 60.4 Å². The van der Waals surface area contributed by atoms with Crippen LogP contribution in [0, 0.1) is 0 Å². The number of carbonyl (C=O) groups excluding carboxylic acids is 4. The summed E-state index contributed by atoms with van der Waals surface area (Å²) in [6.07, 6.45) is 0. The fraction of sp³-hybridized carbons (Fsp3) is 0.304. The number of hydrogen-bond donors (Lipinski definition) is 4. The minimum absolute atomic E-state index is 0.145. The van der Waals surface area contributed by atoms with Crippen molar-refractivity contribution in [2.24, 2.45) is 0 Å². The van der Waals surface area contributed by atoms with Gasteiger partial charge in [0.1, 0.15) is 24.8 Å². The molecule has 4 heterocycles. The summed E-state index contributed by atoms with van der Waals surface area (Å²) in [5, 5.41) is 6.87. The molecule has 0 atom stereocenters. The summed E-state index contributed by atoms with van der Waals surface area (Å²) < 4.78 is 26.9. The standard InChI is InChI=1S/C46H48Cl2N12O9/c1-65-35-19-29-33(21-37(35)67-3)53-45(55-41(29)49)59-13-9-57(10-14-59)43(63)27-7-5-25(17-31(27)47)51-39(61)23-69-24-40(62)52-26-6-8-28(32(48)18-26)44(64)58-11-15-60(16-12-58)46-54-34-22-38(68-4)36(66-2)20-30(34)42(50)56-46/h5-8,17-22H,9-16,23-24H2,1-4H3,(H,51,61)(H,52,62)(H2,49,53,55)(H2,50,54,56). The monoisotopic (exact) mass is 982 g/mol. The average molecular weight is 984 g/mol. The van der Waals surface area contributed by atoms with Gasteiger partial charge in [-0.1, -0.05) is 23.2 Å². The number of carbonyl (C=O) groups is 4. The Balaban J connectivity index is 0.769. The molecule has 0 aliphatic carbocycles. The third-order valence-corrected chi connectivity index (χ3v) is 12.2. The lowest BCUT2D eigenvalue weighted by Gasteiger charge is -2.35. The number of nitrogens with two attached hydrogens (primary N) is 2. The SMILES string of the molecule is COc1cc2nc(N3CCN(C(=O)c4ccc(NC(=O)COCC(=O)Nc5ccc(C(=O)N6CCN(c7nc(N)c8cc(OC)c(OC)cc8n7)CC6)c(Cl)c5)cc4Cl)CC3)nc(N)c2cc1OC. The number of aromatic nitrogens is 4. The first-order valence-electron chi connectivity index (χ1n) is 21.5. The topological polar surface area (TPSA) is 255 Å². The van der Waals surface area contributed by atoms with Gasteiger partial charge >= 0.3 is 0 Å². The number of amides is 4. The van der Waals surface area contributed by atoms with E-state index in [2.05, 4.69) is 20.6 Å². The van der Waals surface area contributed by atoms with E-state index in [0.29, 0.717) is 132 Å². The Labute approximate surface area is 405 Å². The highest BCUT2D eigenvalue weighted by molar-refractivity contribution is 6.34. The van der Waals surface area contributed by atoms with E-state index in [1.165, 1.54) is 38.5 Å². The van der Waals surface area contributed by atoms with Crippen molar-refractivity contribution >= 4 is 104 Å². The molecule has 0 radical (unpaired) electrons. The molecule has 21 nitrogen and oxygen atoms in total. The predicted octanol–water partition coefficient (Wildman–Crippen LogP) is 4.60. The van der Waals surface area contributed by atoms with Crippen LogP contribution < -0.4 is 50.8 Å². The minimum Gasteiger partial charge on any atom is -0.493 e. The van der Waals surface area contributed by atoms with Crippen molar-refractivity contribution in [3.8, 4) is 23.0 Å². The molecule has 0 saturated carbocycles. The van der Waals surface area contributed by atoms with Crippen LogP contribution in [-0.4, -0.2) is 147 Å². The van der Waals surface area contributed by atoms with Gasteiger partial charge in [-0.05, 0) is 48.5 Å². The van der Waals surface area contributed by atoms with Crippen LogP contribution in [0.4, 0.5) is 34.9 Å². The molecule has 6 N–H and O–H groups in total. The first-order chi connectivity index (χ1) is 33.3. The molecule has 360 valence electrons. The number of nitrogen functional groups attached to an aromatic ring is 2. The molecule has 0 bridgehead atoms. The third-order valence-electron chi connectivity index (χ3n) is 11.6. The maximum Gasteiger partial charge on any atom is 0.255 e. The van der Waals surface area contributed by atoms with Crippen LogP contribution >= 0.6 is 23.2 Å². The summed E-state index contributed by atoms with van der Waals surface area (Å²) in [6.45, 7) is 2.40. The number of nitrogens with one attached hydrogen (secondary N) is 2. The lowest BCUT2D eigenvalue weighted by Crippen LogP contribution is -2.49. The van der Waals surface area contributed by atoms with Crippen molar-refractivity contribution in [3.63, 3.8) is 0 Å². The van der Waals surface area contributed by atoms with Gasteiger partial charge in [0.05, 0.1) is 60.6 Å². The van der Waals surface area contributed by atoms with E-state index in [4.69, 9.17) is 68.3 Å². The molecule has 0 unspecified atom stereocenters. The zero-order valence-electron chi connectivity index (χ0n) is 38.0. The lowest BCUT2D eigenvalue weighted by atomic mass is 10.1. The Morgan fingerprint density at radius 2 is 0.899 bits per heavy atom. The van der Waals surface area contributed by atoms with Crippen molar-refractivity contribution in [1.82, 2.24) is 29.7 Å². The van der Waals surface area contributed by atoms with E-state index in [-0.39, 0.29) is 33.0 Å². The molecule has 69 heavy (non-hydrogen) atoms. The van der Waals surface area contributed by atoms with Crippen LogP contribution in [0.15, 0.2) is 60.7 Å². The van der Waals surface area contributed by atoms with E-state index in [1.807, 2.05) is 9.80 Å². The average Bonchev–Trinajstić information content (AvgIpc) is 3.35. The number of ether oxygens (including phenoxy) is 5. The van der Waals surface area contributed by atoms with Gasteiger partial charge < -0.3 is 65.4 Å². The van der Waals surface area contributed by atoms with Gasteiger partial charge in [0, 0.05) is 86.6 Å². The Hall–Kier alpha value is -7.62. The van der Waals surface area contributed by atoms with Gasteiger partial charge in [-0.15, -0.1) is 0 Å². The van der Waals surface area contributed by atoms with Crippen LogP contribution in [0.1, 0.15) is 20.7 Å². The highest BCUT2D eigenvalue weighted by atomic mass is 35.5. The van der Waals surface area contributed by atoms with Crippen LogP contribution in [-0.2, 0) is 14.3 Å².